The molecule has 3 heteroatoms. The molecular formula is C6H11NO2. The summed E-state index contributed by atoms with van der Waals surface area (Å²) in [5.74, 6) is -0.128. The highest BCUT2D eigenvalue weighted by molar-refractivity contribution is 5.86. The average Bonchev–Trinajstić information content (AvgIpc) is 1.87. The molecule has 0 unspecified atom stereocenters. The Morgan fingerprint density at radius 1 is 1.89 bits per heavy atom. The minimum Gasteiger partial charge on any atom is -0.364 e. The molecular weight excluding hydrogens is 118 g/mol. The molecule has 1 amide bonds. The highest BCUT2D eigenvalue weighted by Crippen LogP contribution is 1.83. The van der Waals surface area contributed by atoms with E-state index in [-0.39, 0.29) is 5.91 Å². The van der Waals surface area contributed by atoms with Gasteiger partial charge in [-0.25, -0.2) is 0 Å². The van der Waals surface area contributed by atoms with Crippen LogP contribution in [0.2, 0.25) is 0 Å². The zero-order valence-electron chi connectivity index (χ0n) is 5.76. The Hall–Kier alpha value is -0.830. The monoisotopic (exact) mass is 129 g/mol. The van der Waals surface area contributed by atoms with Crippen LogP contribution in [0.1, 0.15) is 0 Å². The number of carbonyl (C=O) groups is 1. The molecule has 3 nitrogen and oxygen atoms in total. The van der Waals surface area contributed by atoms with Crippen molar-refractivity contribution in [2.45, 2.75) is 0 Å². The lowest BCUT2D eigenvalue weighted by atomic mass is 10.5. The van der Waals surface area contributed by atoms with Gasteiger partial charge in [0, 0.05) is 14.2 Å². The maximum atomic E-state index is 10.6. The fourth-order valence-corrected chi connectivity index (χ4v) is 0.413. The molecule has 0 aromatic rings. The van der Waals surface area contributed by atoms with Crippen LogP contribution in [0.15, 0.2) is 12.7 Å². The van der Waals surface area contributed by atoms with Gasteiger partial charge < -0.3 is 9.64 Å². The van der Waals surface area contributed by atoms with Crippen molar-refractivity contribution in [1.82, 2.24) is 4.90 Å². The summed E-state index contributed by atoms with van der Waals surface area (Å²) in [7, 11) is 3.18. The van der Waals surface area contributed by atoms with Crippen molar-refractivity contribution in [2.24, 2.45) is 0 Å². The van der Waals surface area contributed by atoms with Gasteiger partial charge in [-0.1, -0.05) is 6.58 Å². The van der Waals surface area contributed by atoms with Crippen LogP contribution in [-0.2, 0) is 9.53 Å². The van der Waals surface area contributed by atoms with E-state index in [1.165, 1.54) is 18.1 Å². The minimum atomic E-state index is -0.128. The smallest absolute Gasteiger partial charge is 0.247 e. The lowest BCUT2D eigenvalue weighted by Gasteiger charge is -2.12. The van der Waals surface area contributed by atoms with Crippen LogP contribution >= 0.6 is 0 Å². The van der Waals surface area contributed by atoms with Gasteiger partial charge in [0.25, 0.3) is 0 Å². The van der Waals surface area contributed by atoms with E-state index in [1.807, 2.05) is 0 Å². The van der Waals surface area contributed by atoms with Crippen molar-refractivity contribution >= 4 is 5.91 Å². The largest absolute Gasteiger partial charge is 0.364 e. The Kier molecular flexibility index (Phi) is 3.71. The Bertz CT molecular complexity index is 112. The summed E-state index contributed by atoms with van der Waals surface area (Å²) >= 11 is 0. The summed E-state index contributed by atoms with van der Waals surface area (Å²) in [6, 6.07) is 0. The first kappa shape index (κ1) is 8.17. The Morgan fingerprint density at radius 2 is 2.44 bits per heavy atom. The molecule has 0 saturated carbocycles. The first-order valence-corrected chi connectivity index (χ1v) is 2.59. The first-order valence-electron chi connectivity index (χ1n) is 2.59. The number of likely N-dealkylation sites (N-methyl/N-ethyl adjacent to an activating group) is 1. The number of ether oxygens (including phenoxy) is 1. The van der Waals surface area contributed by atoms with Crippen LogP contribution in [0, 0.1) is 0 Å². The number of nitrogens with zero attached hydrogens (tertiary/aromatic N) is 1. The molecule has 9 heavy (non-hydrogen) atoms. The van der Waals surface area contributed by atoms with Gasteiger partial charge in [-0.2, -0.15) is 0 Å². The van der Waals surface area contributed by atoms with Crippen molar-refractivity contribution in [3.63, 3.8) is 0 Å². The van der Waals surface area contributed by atoms with E-state index in [1.54, 1.807) is 7.05 Å². The number of hydrogen-bond donors (Lipinski definition) is 0. The van der Waals surface area contributed by atoms with E-state index in [4.69, 9.17) is 0 Å². The van der Waals surface area contributed by atoms with Gasteiger partial charge in [0.05, 0.1) is 0 Å². The minimum absolute atomic E-state index is 0.128. The lowest BCUT2D eigenvalue weighted by Crippen LogP contribution is -2.26. The SMILES string of the molecule is C=CC(=O)N(C)COC. The number of rotatable bonds is 3. The fraction of sp³-hybridized carbons (Fsp3) is 0.500. The molecule has 0 radical (unpaired) electrons. The zero-order chi connectivity index (χ0) is 7.28. The summed E-state index contributed by atoms with van der Waals surface area (Å²) in [4.78, 5) is 12.1. The van der Waals surface area contributed by atoms with E-state index in [2.05, 4.69) is 11.3 Å². The zero-order valence-corrected chi connectivity index (χ0v) is 5.76. The van der Waals surface area contributed by atoms with E-state index in [0.29, 0.717) is 6.73 Å². The maximum absolute atomic E-state index is 10.6. The Labute approximate surface area is 54.9 Å². The molecule has 0 N–H and O–H groups in total. The molecule has 0 heterocycles. The summed E-state index contributed by atoms with van der Waals surface area (Å²) in [6.07, 6.45) is 1.25. The highest BCUT2D eigenvalue weighted by atomic mass is 16.5. The predicted octanol–water partition coefficient (Wildman–Crippen LogP) is 0.235. The van der Waals surface area contributed by atoms with Crippen LogP contribution in [0.3, 0.4) is 0 Å². The molecule has 0 rings (SSSR count). The topological polar surface area (TPSA) is 29.5 Å². The Balaban J connectivity index is 3.58. The summed E-state index contributed by atoms with van der Waals surface area (Å²) < 4.78 is 4.68. The van der Waals surface area contributed by atoms with Gasteiger partial charge in [0.15, 0.2) is 0 Å². The molecule has 0 spiro atoms. The normalized spacial score (nSPS) is 8.67. The molecule has 0 aliphatic rings. The molecule has 0 saturated heterocycles. The molecule has 52 valence electrons. The van der Waals surface area contributed by atoms with Crippen molar-refractivity contribution in [2.75, 3.05) is 20.9 Å². The van der Waals surface area contributed by atoms with Crippen molar-refractivity contribution < 1.29 is 9.53 Å². The van der Waals surface area contributed by atoms with Gasteiger partial charge in [0.1, 0.15) is 6.73 Å². The van der Waals surface area contributed by atoms with Crippen LogP contribution in [0.5, 0.6) is 0 Å². The standard InChI is InChI=1S/C6H11NO2/c1-4-6(8)7(2)5-9-3/h4H,1,5H2,2-3H3. The second-order valence-corrected chi connectivity index (χ2v) is 1.66. The molecule has 0 aliphatic carbocycles. The third-order valence-electron chi connectivity index (χ3n) is 0.874. The second kappa shape index (κ2) is 4.09. The highest BCUT2D eigenvalue weighted by Gasteiger charge is 1.99. The van der Waals surface area contributed by atoms with Crippen molar-refractivity contribution in [3.8, 4) is 0 Å². The number of hydrogen-bond acceptors (Lipinski definition) is 2. The molecule has 0 bridgehead atoms. The average molecular weight is 129 g/mol. The quantitative estimate of drug-likeness (QED) is 0.403. The van der Waals surface area contributed by atoms with Crippen LogP contribution < -0.4 is 0 Å². The van der Waals surface area contributed by atoms with E-state index in [0.717, 1.165) is 0 Å². The van der Waals surface area contributed by atoms with Crippen molar-refractivity contribution in [3.05, 3.63) is 12.7 Å². The molecule has 0 fully saturated rings. The molecule has 0 aromatic heterocycles. The number of methoxy groups -OCH3 is 1. The van der Waals surface area contributed by atoms with Gasteiger partial charge >= 0.3 is 0 Å². The third-order valence-corrected chi connectivity index (χ3v) is 0.874. The summed E-state index contributed by atoms with van der Waals surface area (Å²) in [6.45, 7) is 3.63. The van der Waals surface area contributed by atoms with E-state index in [9.17, 15) is 4.79 Å². The summed E-state index contributed by atoms with van der Waals surface area (Å²) in [5, 5.41) is 0. The van der Waals surface area contributed by atoms with Gasteiger partial charge in [-0.05, 0) is 6.08 Å². The fourth-order valence-electron chi connectivity index (χ4n) is 0.413. The lowest BCUT2D eigenvalue weighted by molar-refractivity contribution is -0.128. The molecule has 0 atom stereocenters. The Morgan fingerprint density at radius 3 is 2.78 bits per heavy atom. The van der Waals surface area contributed by atoms with Gasteiger partial charge in [-0.3, -0.25) is 4.79 Å². The van der Waals surface area contributed by atoms with Gasteiger partial charge in [-0.15, -0.1) is 0 Å². The number of amides is 1. The van der Waals surface area contributed by atoms with Crippen LogP contribution in [0.25, 0.3) is 0 Å². The first-order chi connectivity index (χ1) is 4.22. The molecule has 0 aromatic carbocycles. The van der Waals surface area contributed by atoms with E-state index >= 15 is 0 Å². The molecule has 0 aliphatic heterocycles. The van der Waals surface area contributed by atoms with Crippen molar-refractivity contribution in [1.29, 1.82) is 0 Å². The summed E-state index contributed by atoms with van der Waals surface area (Å²) in [5.41, 5.74) is 0. The third kappa shape index (κ3) is 2.87. The predicted molar refractivity (Wildman–Crippen MR) is 34.8 cm³/mol. The van der Waals surface area contributed by atoms with Crippen LogP contribution in [-0.4, -0.2) is 31.7 Å². The number of carbonyl (C=O) groups excluding carboxylic acids is 1. The van der Waals surface area contributed by atoms with Gasteiger partial charge in [0.2, 0.25) is 5.91 Å². The van der Waals surface area contributed by atoms with E-state index < -0.39 is 0 Å². The van der Waals surface area contributed by atoms with Crippen LogP contribution in [0.4, 0.5) is 0 Å². The second-order valence-electron chi connectivity index (χ2n) is 1.66. The maximum Gasteiger partial charge on any atom is 0.247 e.